The fraction of sp³-hybridized carbons (Fsp3) is 0.917. The monoisotopic (exact) mass is 197 g/mol. The second-order valence-corrected chi connectivity index (χ2v) is 6.30. The number of likely N-dealkylation sites (tertiary alicyclic amines) is 1. The summed E-state index contributed by atoms with van der Waals surface area (Å²) >= 11 is 0. The van der Waals surface area contributed by atoms with Crippen molar-refractivity contribution in [1.29, 1.82) is 0 Å². The number of rotatable bonds is 0. The van der Waals surface area contributed by atoms with Gasteiger partial charge in [0.2, 0.25) is 5.91 Å². The highest BCUT2D eigenvalue weighted by Crippen LogP contribution is 2.55. The van der Waals surface area contributed by atoms with Crippen molar-refractivity contribution in [2.24, 2.45) is 16.2 Å². The molecule has 82 valence electrons. The molecule has 0 unspecified atom stereocenters. The Labute approximate surface area is 87.7 Å². The highest BCUT2D eigenvalue weighted by atomic mass is 16.2. The molecular formula is C12H23NO. The number of amides is 1. The number of carbonyl (C=O) groups is 1. The highest BCUT2D eigenvalue weighted by molar-refractivity contribution is 5.83. The zero-order valence-electron chi connectivity index (χ0n) is 10.6. The van der Waals surface area contributed by atoms with Crippen LogP contribution in [-0.2, 0) is 4.79 Å². The summed E-state index contributed by atoms with van der Waals surface area (Å²) in [5, 5.41) is 0. The van der Waals surface area contributed by atoms with Crippen molar-refractivity contribution >= 4 is 5.91 Å². The second kappa shape index (κ2) is 2.74. The first kappa shape index (κ1) is 11.5. The lowest BCUT2D eigenvalue weighted by Gasteiger charge is -2.57. The van der Waals surface area contributed by atoms with E-state index in [1.165, 1.54) is 0 Å². The fourth-order valence-corrected chi connectivity index (χ4v) is 2.45. The Bertz CT molecular complexity index is 263. The van der Waals surface area contributed by atoms with Crippen LogP contribution in [-0.4, -0.2) is 24.4 Å². The smallest absolute Gasteiger partial charge is 0.228 e. The van der Waals surface area contributed by atoms with Crippen molar-refractivity contribution in [3.05, 3.63) is 0 Å². The summed E-state index contributed by atoms with van der Waals surface area (Å²) in [6.45, 7) is 13.9. The van der Waals surface area contributed by atoms with Gasteiger partial charge in [-0.1, -0.05) is 41.5 Å². The first-order valence-corrected chi connectivity index (χ1v) is 5.29. The van der Waals surface area contributed by atoms with E-state index in [4.69, 9.17) is 0 Å². The largest absolute Gasteiger partial charge is 0.345 e. The lowest BCUT2D eigenvalue weighted by molar-refractivity contribution is -0.167. The van der Waals surface area contributed by atoms with Gasteiger partial charge in [0.1, 0.15) is 0 Å². The second-order valence-electron chi connectivity index (χ2n) is 6.30. The molecule has 0 bridgehead atoms. The van der Waals surface area contributed by atoms with E-state index >= 15 is 0 Å². The Kier molecular flexibility index (Phi) is 2.26. The average Bonchev–Trinajstić information content (AvgIpc) is 1.99. The molecule has 2 heteroatoms. The molecule has 0 aliphatic carbocycles. The molecule has 1 rings (SSSR count). The molecule has 1 aliphatic heterocycles. The quantitative estimate of drug-likeness (QED) is 0.584. The van der Waals surface area contributed by atoms with Gasteiger partial charge in [0.25, 0.3) is 0 Å². The third-order valence-corrected chi connectivity index (χ3v) is 4.77. The maximum absolute atomic E-state index is 12.1. The summed E-state index contributed by atoms with van der Waals surface area (Å²) in [6, 6.07) is 0. The van der Waals surface area contributed by atoms with Gasteiger partial charge >= 0.3 is 0 Å². The number of piperidine rings is 1. The van der Waals surface area contributed by atoms with Crippen molar-refractivity contribution in [2.75, 3.05) is 13.6 Å². The number of carbonyl (C=O) groups excluding carboxylic acids is 1. The van der Waals surface area contributed by atoms with Crippen molar-refractivity contribution in [1.82, 2.24) is 4.90 Å². The van der Waals surface area contributed by atoms with Gasteiger partial charge in [0.05, 0.1) is 0 Å². The molecule has 0 aromatic carbocycles. The lowest BCUT2D eigenvalue weighted by atomic mass is 9.52. The van der Waals surface area contributed by atoms with Gasteiger partial charge in [-0.25, -0.2) is 0 Å². The van der Waals surface area contributed by atoms with E-state index in [-0.39, 0.29) is 22.2 Å². The molecule has 1 aliphatic rings. The Morgan fingerprint density at radius 2 is 1.50 bits per heavy atom. The van der Waals surface area contributed by atoms with Gasteiger partial charge in [0.15, 0.2) is 0 Å². The lowest BCUT2D eigenvalue weighted by Crippen LogP contribution is -2.61. The summed E-state index contributed by atoms with van der Waals surface area (Å²) < 4.78 is 0. The Morgan fingerprint density at radius 3 is 1.93 bits per heavy atom. The molecule has 0 aromatic heterocycles. The van der Waals surface area contributed by atoms with Crippen LogP contribution >= 0.6 is 0 Å². The summed E-state index contributed by atoms with van der Waals surface area (Å²) in [6.07, 6.45) is 0. The van der Waals surface area contributed by atoms with Crippen LogP contribution in [0.4, 0.5) is 0 Å². The molecule has 2 nitrogen and oxygen atoms in total. The van der Waals surface area contributed by atoms with Crippen LogP contribution in [0.25, 0.3) is 0 Å². The summed E-state index contributed by atoms with van der Waals surface area (Å²) in [5.74, 6) is 0.266. The molecule has 1 heterocycles. The van der Waals surface area contributed by atoms with Crippen LogP contribution in [0.1, 0.15) is 41.5 Å². The van der Waals surface area contributed by atoms with Crippen LogP contribution in [0.2, 0.25) is 0 Å². The SMILES string of the molecule is CN1CC(C)(C)C(C)(C)C(C)(C)C1=O. The standard InChI is InChI=1S/C12H23NO/c1-10(2)8-13(7)9(14)11(3,4)12(10,5)6/h8H2,1-7H3. The van der Waals surface area contributed by atoms with E-state index < -0.39 is 0 Å². The van der Waals surface area contributed by atoms with Gasteiger partial charge in [-0.15, -0.1) is 0 Å². The molecule has 0 N–H and O–H groups in total. The minimum absolute atomic E-state index is 0.0313. The third kappa shape index (κ3) is 1.19. The normalized spacial score (nSPS) is 29.1. The van der Waals surface area contributed by atoms with E-state index in [1.807, 2.05) is 11.9 Å². The van der Waals surface area contributed by atoms with E-state index in [1.54, 1.807) is 0 Å². The van der Waals surface area contributed by atoms with E-state index in [2.05, 4.69) is 41.5 Å². The molecule has 1 amide bonds. The Hall–Kier alpha value is -0.530. The van der Waals surface area contributed by atoms with Gasteiger partial charge in [0, 0.05) is 19.0 Å². The van der Waals surface area contributed by atoms with Crippen molar-refractivity contribution in [3.63, 3.8) is 0 Å². The van der Waals surface area contributed by atoms with Gasteiger partial charge in [-0.05, 0) is 10.8 Å². The maximum atomic E-state index is 12.1. The van der Waals surface area contributed by atoms with Gasteiger partial charge in [-0.2, -0.15) is 0 Å². The predicted octanol–water partition coefficient (Wildman–Crippen LogP) is 2.54. The molecule has 0 spiro atoms. The average molecular weight is 197 g/mol. The summed E-state index contributed by atoms with van der Waals surface area (Å²) in [5.41, 5.74) is -0.0771. The van der Waals surface area contributed by atoms with Gasteiger partial charge < -0.3 is 4.90 Å². The van der Waals surface area contributed by atoms with Crippen molar-refractivity contribution < 1.29 is 4.79 Å². The fourth-order valence-electron chi connectivity index (χ4n) is 2.45. The summed E-state index contributed by atoms with van der Waals surface area (Å²) in [7, 11) is 1.90. The molecule has 1 saturated heterocycles. The van der Waals surface area contributed by atoms with Crippen molar-refractivity contribution in [2.45, 2.75) is 41.5 Å². The minimum atomic E-state index is -0.274. The molecule has 14 heavy (non-hydrogen) atoms. The first-order valence-electron chi connectivity index (χ1n) is 5.29. The Morgan fingerprint density at radius 1 is 1.07 bits per heavy atom. The molecule has 0 atom stereocenters. The molecule has 0 saturated carbocycles. The van der Waals surface area contributed by atoms with E-state index in [0.717, 1.165) is 6.54 Å². The Balaban J connectivity index is 3.22. The minimum Gasteiger partial charge on any atom is -0.345 e. The predicted molar refractivity (Wildman–Crippen MR) is 59.0 cm³/mol. The number of nitrogens with zero attached hydrogens (tertiary/aromatic N) is 1. The van der Waals surface area contributed by atoms with Crippen LogP contribution in [0.15, 0.2) is 0 Å². The third-order valence-electron chi connectivity index (χ3n) is 4.77. The van der Waals surface area contributed by atoms with Crippen LogP contribution < -0.4 is 0 Å². The van der Waals surface area contributed by atoms with Crippen LogP contribution in [0, 0.1) is 16.2 Å². The van der Waals surface area contributed by atoms with Crippen molar-refractivity contribution in [3.8, 4) is 0 Å². The van der Waals surface area contributed by atoms with Crippen LogP contribution in [0.3, 0.4) is 0 Å². The van der Waals surface area contributed by atoms with E-state index in [0.29, 0.717) is 0 Å². The summed E-state index contributed by atoms with van der Waals surface area (Å²) in [4.78, 5) is 13.9. The first-order chi connectivity index (χ1) is 6.04. The molecule has 0 radical (unpaired) electrons. The zero-order valence-corrected chi connectivity index (χ0v) is 10.6. The maximum Gasteiger partial charge on any atom is 0.228 e. The number of hydrogen-bond acceptors (Lipinski definition) is 1. The molecule has 1 fully saturated rings. The molecule has 0 aromatic rings. The topological polar surface area (TPSA) is 20.3 Å². The van der Waals surface area contributed by atoms with E-state index in [9.17, 15) is 4.79 Å². The van der Waals surface area contributed by atoms with Gasteiger partial charge in [-0.3, -0.25) is 4.79 Å². The molecular weight excluding hydrogens is 174 g/mol. The highest BCUT2D eigenvalue weighted by Gasteiger charge is 2.56. The number of hydrogen-bond donors (Lipinski definition) is 0. The zero-order chi connectivity index (χ0) is 11.4. The van der Waals surface area contributed by atoms with Crippen LogP contribution in [0.5, 0.6) is 0 Å².